The number of amides is 1. The molecule has 25 heavy (non-hydrogen) atoms. The van der Waals surface area contributed by atoms with E-state index in [1.807, 2.05) is 18.2 Å². The minimum atomic E-state index is -0.185. The zero-order valence-corrected chi connectivity index (χ0v) is 15.2. The minimum absolute atomic E-state index is 0. The van der Waals surface area contributed by atoms with Crippen LogP contribution in [0.1, 0.15) is 37.7 Å². The first-order valence-electron chi connectivity index (χ1n) is 8.89. The molecule has 1 aromatic heterocycles. The average Bonchev–Trinajstić information content (AvgIpc) is 2.95. The van der Waals surface area contributed by atoms with E-state index < -0.39 is 0 Å². The van der Waals surface area contributed by atoms with E-state index in [-0.39, 0.29) is 24.0 Å². The van der Waals surface area contributed by atoms with Crippen molar-refractivity contribution in [3.05, 3.63) is 34.2 Å². The van der Waals surface area contributed by atoms with Gasteiger partial charge in [0.15, 0.2) is 0 Å². The Hall–Kier alpha value is -1.79. The molecular weight excluding hydrogens is 340 g/mol. The number of fused-ring (bicyclic) bond motifs is 1. The lowest BCUT2D eigenvalue weighted by molar-refractivity contribution is -0.121. The fourth-order valence-electron chi connectivity index (χ4n) is 3.36. The SMILES string of the molecule is Cl.O=C(CCCc1ccc2[nH]c(=O)[nH]c2c1)NCCC1CCCNC1. The second kappa shape index (κ2) is 9.63. The van der Waals surface area contributed by atoms with Gasteiger partial charge in [0.05, 0.1) is 11.0 Å². The molecule has 0 bridgehead atoms. The highest BCUT2D eigenvalue weighted by atomic mass is 35.5. The monoisotopic (exact) mass is 366 g/mol. The Morgan fingerprint density at radius 3 is 2.88 bits per heavy atom. The number of piperidine rings is 1. The molecule has 1 aliphatic heterocycles. The number of aromatic nitrogens is 2. The van der Waals surface area contributed by atoms with E-state index >= 15 is 0 Å². The molecule has 1 fully saturated rings. The van der Waals surface area contributed by atoms with Crippen molar-refractivity contribution in [3.8, 4) is 0 Å². The number of hydrogen-bond acceptors (Lipinski definition) is 3. The first-order valence-corrected chi connectivity index (χ1v) is 8.89. The quantitative estimate of drug-likeness (QED) is 0.605. The van der Waals surface area contributed by atoms with Crippen LogP contribution >= 0.6 is 12.4 Å². The van der Waals surface area contributed by atoms with Gasteiger partial charge in [-0.15, -0.1) is 12.4 Å². The number of halogens is 1. The summed E-state index contributed by atoms with van der Waals surface area (Å²) in [4.78, 5) is 28.7. The van der Waals surface area contributed by atoms with Crippen molar-refractivity contribution in [2.75, 3.05) is 19.6 Å². The van der Waals surface area contributed by atoms with Gasteiger partial charge in [-0.05, 0) is 68.8 Å². The summed E-state index contributed by atoms with van der Waals surface area (Å²) in [6.07, 6.45) is 5.78. The predicted octanol–water partition coefficient (Wildman–Crippen LogP) is 2.11. The highest BCUT2D eigenvalue weighted by molar-refractivity contribution is 5.85. The van der Waals surface area contributed by atoms with E-state index in [1.54, 1.807) is 0 Å². The van der Waals surface area contributed by atoms with Gasteiger partial charge in [0.25, 0.3) is 0 Å². The van der Waals surface area contributed by atoms with Crippen LogP contribution in [0.4, 0.5) is 0 Å². The molecule has 0 saturated carbocycles. The third-order valence-electron chi connectivity index (χ3n) is 4.72. The Bertz CT molecular complexity index is 734. The number of carbonyl (C=O) groups is 1. The molecule has 4 N–H and O–H groups in total. The predicted molar refractivity (Wildman–Crippen MR) is 102 cm³/mol. The molecule has 7 heteroatoms. The molecule has 0 aliphatic carbocycles. The number of imidazole rings is 1. The Labute approximate surface area is 153 Å². The van der Waals surface area contributed by atoms with E-state index in [4.69, 9.17) is 0 Å². The summed E-state index contributed by atoms with van der Waals surface area (Å²) in [6.45, 7) is 2.99. The number of aryl methyl sites for hydroxylation is 1. The molecule has 0 radical (unpaired) electrons. The van der Waals surface area contributed by atoms with Gasteiger partial charge in [0.2, 0.25) is 5.91 Å². The molecule has 138 valence electrons. The number of benzene rings is 1. The molecule has 2 aromatic rings. The molecule has 0 spiro atoms. The van der Waals surface area contributed by atoms with E-state index in [1.165, 1.54) is 12.8 Å². The lowest BCUT2D eigenvalue weighted by Gasteiger charge is -2.22. The van der Waals surface area contributed by atoms with Gasteiger partial charge in [-0.25, -0.2) is 4.79 Å². The fourth-order valence-corrected chi connectivity index (χ4v) is 3.36. The average molecular weight is 367 g/mol. The second-order valence-corrected chi connectivity index (χ2v) is 6.66. The standard InChI is InChI=1S/C18H26N4O2.ClH/c23-17(20-10-8-14-4-2-9-19-12-14)5-1-3-13-6-7-15-16(11-13)22-18(24)21-15;/h6-7,11,14,19H,1-5,8-10,12H2,(H,20,23)(H2,21,22,24);1H. The van der Waals surface area contributed by atoms with E-state index in [0.717, 1.165) is 55.5 Å². The van der Waals surface area contributed by atoms with Crippen LogP contribution in [-0.4, -0.2) is 35.5 Å². The lowest BCUT2D eigenvalue weighted by atomic mass is 9.96. The van der Waals surface area contributed by atoms with Crippen molar-refractivity contribution in [3.63, 3.8) is 0 Å². The van der Waals surface area contributed by atoms with Crippen LogP contribution in [0.15, 0.2) is 23.0 Å². The van der Waals surface area contributed by atoms with Crippen molar-refractivity contribution in [1.82, 2.24) is 20.6 Å². The molecule has 1 saturated heterocycles. The van der Waals surface area contributed by atoms with Crippen LogP contribution in [0.3, 0.4) is 0 Å². The van der Waals surface area contributed by atoms with Gasteiger partial charge in [-0.2, -0.15) is 0 Å². The molecule has 1 unspecified atom stereocenters. The van der Waals surface area contributed by atoms with Crippen LogP contribution in [0.2, 0.25) is 0 Å². The number of H-pyrrole nitrogens is 2. The number of nitrogens with one attached hydrogen (secondary N) is 4. The van der Waals surface area contributed by atoms with Gasteiger partial charge < -0.3 is 20.6 Å². The zero-order chi connectivity index (χ0) is 16.8. The van der Waals surface area contributed by atoms with Crippen molar-refractivity contribution in [1.29, 1.82) is 0 Å². The van der Waals surface area contributed by atoms with Crippen LogP contribution in [-0.2, 0) is 11.2 Å². The molecular formula is C18H27ClN4O2. The van der Waals surface area contributed by atoms with Crippen LogP contribution < -0.4 is 16.3 Å². The van der Waals surface area contributed by atoms with Gasteiger partial charge >= 0.3 is 5.69 Å². The van der Waals surface area contributed by atoms with Crippen molar-refractivity contribution >= 4 is 29.3 Å². The van der Waals surface area contributed by atoms with Crippen molar-refractivity contribution < 1.29 is 4.79 Å². The highest BCUT2D eigenvalue weighted by Gasteiger charge is 2.12. The van der Waals surface area contributed by atoms with E-state index in [0.29, 0.717) is 12.3 Å². The highest BCUT2D eigenvalue weighted by Crippen LogP contribution is 2.14. The maximum atomic E-state index is 11.9. The zero-order valence-electron chi connectivity index (χ0n) is 14.4. The summed E-state index contributed by atoms with van der Waals surface area (Å²) in [5.74, 6) is 0.837. The Balaban J connectivity index is 0.00000225. The summed E-state index contributed by atoms with van der Waals surface area (Å²) in [5.41, 5.74) is 2.59. The summed E-state index contributed by atoms with van der Waals surface area (Å²) in [7, 11) is 0. The summed E-state index contributed by atoms with van der Waals surface area (Å²) < 4.78 is 0. The van der Waals surface area contributed by atoms with E-state index in [9.17, 15) is 9.59 Å². The summed E-state index contributed by atoms with van der Waals surface area (Å²) >= 11 is 0. The number of carbonyl (C=O) groups excluding carboxylic acids is 1. The third kappa shape index (κ3) is 5.90. The second-order valence-electron chi connectivity index (χ2n) is 6.66. The Kier molecular flexibility index (Phi) is 7.52. The molecule has 1 amide bonds. The third-order valence-corrected chi connectivity index (χ3v) is 4.72. The number of aromatic amines is 2. The molecule has 3 rings (SSSR count). The maximum absolute atomic E-state index is 11.9. The Morgan fingerprint density at radius 1 is 1.24 bits per heavy atom. The van der Waals surface area contributed by atoms with Crippen LogP contribution in [0.5, 0.6) is 0 Å². The molecule has 1 aromatic carbocycles. The van der Waals surface area contributed by atoms with Gasteiger partial charge in [-0.1, -0.05) is 6.07 Å². The first kappa shape index (κ1) is 19.5. The normalized spacial score (nSPS) is 17.2. The van der Waals surface area contributed by atoms with Crippen LogP contribution in [0.25, 0.3) is 11.0 Å². The fraction of sp³-hybridized carbons (Fsp3) is 0.556. The van der Waals surface area contributed by atoms with Gasteiger partial charge in [0, 0.05) is 13.0 Å². The first-order chi connectivity index (χ1) is 11.7. The maximum Gasteiger partial charge on any atom is 0.323 e. The van der Waals surface area contributed by atoms with Crippen molar-refractivity contribution in [2.45, 2.75) is 38.5 Å². The number of rotatable bonds is 7. The van der Waals surface area contributed by atoms with Gasteiger partial charge in [0.1, 0.15) is 0 Å². The summed E-state index contributed by atoms with van der Waals surface area (Å²) in [5, 5.41) is 6.43. The topological polar surface area (TPSA) is 89.8 Å². The lowest BCUT2D eigenvalue weighted by Crippen LogP contribution is -2.33. The molecule has 1 aliphatic rings. The van der Waals surface area contributed by atoms with E-state index in [2.05, 4.69) is 20.6 Å². The smallest absolute Gasteiger partial charge is 0.323 e. The largest absolute Gasteiger partial charge is 0.356 e. The van der Waals surface area contributed by atoms with Crippen LogP contribution in [0, 0.1) is 5.92 Å². The molecule has 2 heterocycles. The van der Waals surface area contributed by atoms with Crippen molar-refractivity contribution in [2.24, 2.45) is 5.92 Å². The molecule has 1 atom stereocenters. The molecule has 6 nitrogen and oxygen atoms in total. The summed E-state index contributed by atoms with van der Waals surface area (Å²) in [6, 6.07) is 5.88. The minimum Gasteiger partial charge on any atom is -0.356 e. The number of hydrogen-bond donors (Lipinski definition) is 4. The Morgan fingerprint density at radius 2 is 2.08 bits per heavy atom. The van der Waals surface area contributed by atoms with Gasteiger partial charge in [-0.3, -0.25) is 4.79 Å².